The maximum atomic E-state index is 11.7. The molecule has 1 N–H and O–H groups in total. The van der Waals surface area contributed by atoms with Gasteiger partial charge in [0.15, 0.2) is 0 Å². The Bertz CT molecular complexity index is 641. The molecule has 0 saturated heterocycles. The molecule has 0 amide bonds. The number of aromatic nitrogens is 2. The molecule has 1 aromatic carbocycles. The van der Waals surface area contributed by atoms with Crippen LogP contribution >= 0.6 is 0 Å². The van der Waals surface area contributed by atoms with Gasteiger partial charge in [-0.1, -0.05) is 24.3 Å². The molecule has 0 aliphatic carbocycles. The molecule has 2 aromatic rings. The number of hydrogen-bond donors (Lipinski definition) is 1. The first-order valence-electron chi connectivity index (χ1n) is 6.81. The summed E-state index contributed by atoms with van der Waals surface area (Å²) in [5, 5.41) is 17.2. The van der Waals surface area contributed by atoms with Crippen molar-refractivity contribution < 1.29 is 19.1 Å². The number of aryl methyl sites for hydroxylation is 1. The van der Waals surface area contributed by atoms with Gasteiger partial charge in [-0.05, 0) is 18.2 Å². The minimum Gasteiger partial charge on any atom is -0.480 e. The highest BCUT2D eigenvalue weighted by Crippen LogP contribution is 2.22. The summed E-state index contributed by atoms with van der Waals surface area (Å²) < 4.78 is 10.4. The third kappa shape index (κ3) is 3.90. The van der Waals surface area contributed by atoms with Crippen molar-refractivity contribution in [1.82, 2.24) is 15.1 Å². The number of carboxylic acid groups (broad SMARTS) is 1. The maximum Gasteiger partial charge on any atom is 0.325 e. The lowest BCUT2D eigenvalue weighted by atomic mass is 10.0. The van der Waals surface area contributed by atoms with Crippen molar-refractivity contribution >= 4 is 5.97 Å². The number of ether oxygens (including phenoxy) is 1. The Hall–Kier alpha value is -2.25. The van der Waals surface area contributed by atoms with Gasteiger partial charge in [0.05, 0.1) is 13.2 Å². The number of aliphatic carboxylic acids is 1. The number of nitrogens with zero attached hydrogens (tertiary/aromatic N) is 3. The van der Waals surface area contributed by atoms with Crippen molar-refractivity contribution in [3.8, 4) is 0 Å². The molecule has 0 aliphatic heterocycles. The lowest BCUT2D eigenvalue weighted by molar-refractivity contribution is -0.143. The third-order valence-electron chi connectivity index (χ3n) is 3.21. The van der Waals surface area contributed by atoms with Gasteiger partial charge in [0.1, 0.15) is 6.04 Å². The molecule has 118 valence electrons. The third-order valence-corrected chi connectivity index (χ3v) is 3.21. The summed E-state index contributed by atoms with van der Waals surface area (Å²) in [6.07, 6.45) is 0. The van der Waals surface area contributed by atoms with Crippen molar-refractivity contribution in [2.75, 3.05) is 14.2 Å². The molecule has 0 fully saturated rings. The van der Waals surface area contributed by atoms with Crippen LogP contribution in [0.5, 0.6) is 0 Å². The number of likely N-dealkylation sites (N-methyl/N-ethyl adjacent to an activating group) is 1. The van der Waals surface area contributed by atoms with Gasteiger partial charge in [-0.25, -0.2) is 0 Å². The monoisotopic (exact) mass is 305 g/mol. The van der Waals surface area contributed by atoms with Crippen molar-refractivity contribution in [1.29, 1.82) is 0 Å². The highest BCUT2D eigenvalue weighted by molar-refractivity contribution is 5.75. The van der Waals surface area contributed by atoms with E-state index < -0.39 is 12.0 Å². The molecular weight excluding hydrogens is 286 g/mol. The average Bonchev–Trinajstić information content (AvgIpc) is 2.84. The fraction of sp³-hybridized carbons (Fsp3) is 0.400. The van der Waals surface area contributed by atoms with E-state index in [9.17, 15) is 9.90 Å². The van der Waals surface area contributed by atoms with Crippen LogP contribution < -0.4 is 0 Å². The van der Waals surface area contributed by atoms with E-state index in [4.69, 9.17) is 9.15 Å². The van der Waals surface area contributed by atoms with Crippen LogP contribution in [-0.2, 0) is 22.7 Å². The smallest absolute Gasteiger partial charge is 0.325 e. The first-order chi connectivity index (χ1) is 10.5. The fourth-order valence-electron chi connectivity index (χ4n) is 2.31. The molecule has 0 unspecified atom stereocenters. The number of carboxylic acids is 1. The van der Waals surface area contributed by atoms with E-state index in [1.54, 1.807) is 32.0 Å². The van der Waals surface area contributed by atoms with Gasteiger partial charge >= 0.3 is 5.97 Å². The van der Waals surface area contributed by atoms with E-state index in [1.165, 1.54) is 0 Å². The number of hydrogen-bond acceptors (Lipinski definition) is 6. The predicted octanol–water partition coefficient (Wildman–Crippen LogP) is 1.78. The van der Waals surface area contributed by atoms with Gasteiger partial charge in [-0.2, -0.15) is 0 Å². The molecule has 7 nitrogen and oxygen atoms in total. The molecule has 0 spiro atoms. The van der Waals surface area contributed by atoms with Crippen LogP contribution in [0.15, 0.2) is 28.7 Å². The Labute approximate surface area is 128 Å². The van der Waals surface area contributed by atoms with E-state index in [0.717, 1.165) is 5.56 Å². The zero-order valence-electron chi connectivity index (χ0n) is 12.8. The topological polar surface area (TPSA) is 88.7 Å². The lowest BCUT2D eigenvalue weighted by Gasteiger charge is -2.23. The second kappa shape index (κ2) is 7.15. The Morgan fingerprint density at radius 3 is 2.82 bits per heavy atom. The summed E-state index contributed by atoms with van der Waals surface area (Å²) in [7, 11) is 3.31. The Kier molecular flexibility index (Phi) is 5.24. The summed E-state index contributed by atoms with van der Waals surface area (Å²) in [6, 6.07) is 6.53. The van der Waals surface area contributed by atoms with Crippen LogP contribution in [0.2, 0.25) is 0 Å². The minimum atomic E-state index is -0.937. The summed E-state index contributed by atoms with van der Waals surface area (Å²) in [5.41, 5.74) is 1.61. The molecule has 2 rings (SSSR count). The first-order valence-corrected chi connectivity index (χ1v) is 6.81. The van der Waals surface area contributed by atoms with Gasteiger partial charge in [-0.15, -0.1) is 10.2 Å². The molecule has 1 heterocycles. The molecule has 7 heteroatoms. The standard InChI is InChI=1S/C15H19N3O4/c1-10-16-17-13(22-10)8-18(2)14(15(19)20)12-6-4-5-11(7-12)9-21-3/h4-7,14H,8-9H2,1-3H3,(H,19,20)/t14-/m1/s1. The lowest BCUT2D eigenvalue weighted by Crippen LogP contribution is -2.30. The number of methoxy groups -OCH3 is 1. The van der Waals surface area contributed by atoms with Crippen molar-refractivity contribution in [3.63, 3.8) is 0 Å². The first kappa shape index (κ1) is 16.1. The van der Waals surface area contributed by atoms with Gasteiger partial charge in [0.25, 0.3) is 0 Å². The van der Waals surface area contributed by atoms with Crippen LogP contribution in [-0.4, -0.2) is 40.3 Å². The normalized spacial score (nSPS) is 12.5. The van der Waals surface area contributed by atoms with Crippen LogP contribution in [0, 0.1) is 6.92 Å². The van der Waals surface area contributed by atoms with Crippen molar-refractivity contribution in [2.24, 2.45) is 0 Å². The van der Waals surface area contributed by atoms with Crippen LogP contribution in [0.1, 0.15) is 29.0 Å². The summed E-state index contributed by atoms with van der Waals surface area (Å²) in [4.78, 5) is 13.3. The highest BCUT2D eigenvalue weighted by Gasteiger charge is 2.26. The maximum absolute atomic E-state index is 11.7. The van der Waals surface area contributed by atoms with E-state index >= 15 is 0 Å². The fourth-order valence-corrected chi connectivity index (χ4v) is 2.31. The largest absolute Gasteiger partial charge is 0.480 e. The van der Waals surface area contributed by atoms with Crippen LogP contribution in [0.3, 0.4) is 0 Å². The second-order valence-electron chi connectivity index (χ2n) is 5.05. The zero-order chi connectivity index (χ0) is 16.1. The molecule has 0 saturated carbocycles. The van der Waals surface area contributed by atoms with E-state index in [0.29, 0.717) is 24.0 Å². The molecule has 0 radical (unpaired) electrons. The summed E-state index contributed by atoms with van der Waals surface area (Å²) in [5.74, 6) is -0.0926. The molecule has 1 atom stereocenters. The van der Waals surface area contributed by atoms with Crippen molar-refractivity contribution in [3.05, 3.63) is 47.2 Å². The number of rotatable bonds is 7. The van der Waals surface area contributed by atoms with E-state index in [1.807, 2.05) is 18.2 Å². The quantitative estimate of drug-likeness (QED) is 0.834. The van der Waals surface area contributed by atoms with E-state index in [2.05, 4.69) is 10.2 Å². The predicted molar refractivity (Wildman–Crippen MR) is 78.0 cm³/mol. The minimum absolute atomic E-state index is 0.256. The van der Waals surface area contributed by atoms with E-state index in [-0.39, 0.29) is 6.54 Å². The average molecular weight is 305 g/mol. The SMILES string of the molecule is COCc1cccc([C@H](C(=O)O)N(C)Cc2nnc(C)o2)c1. The molecule has 0 bridgehead atoms. The van der Waals surface area contributed by atoms with Gasteiger partial charge in [0, 0.05) is 14.0 Å². The molecule has 1 aromatic heterocycles. The Morgan fingerprint density at radius 1 is 1.45 bits per heavy atom. The Balaban J connectivity index is 2.21. The summed E-state index contributed by atoms with van der Waals surface area (Å²) >= 11 is 0. The van der Waals surface area contributed by atoms with Gasteiger partial charge in [0.2, 0.25) is 11.8 Å². The van der Waals surface area contributed by atoms with Crippen molar-refractivity contribution in [2.45, 2.75) is 26.1 Å². The summed E-state index contributed by atoms with van der Waals surface area (Å²) in [6.45, 7) is 2.39. The zero-order valence-corrected chi connectivity index (χ0v) is 12.8. The molecule has 0 aliphatic rings. The highest BCUT2D eigenvalue weighted by atomic mass is 16.5. The van der Waals surface area contributed by atoms with Crippen LogP contribution in [0.25, 0.3) is 0 Å². The molecule has 22 heavy (non-hydrogen) atoms. The molecular formula is C15H19N3O4. The number of benzene rings is 1. The second-order valence-corrected chi connectivity index (χ2v) is 5.05. The van der Waals surface area contributed by atoms with Gasteiger partial charge in [-0.3, -0.25) is 9.69 Å². The van der Waals surface area contributed by atoms with Crippen LogP contribution in [0.4, 0.5) is 0 Å². The van der Waals surface area contributed by atoms with Gasteiger partial charge < -0.3 is 14.3 Å². The Morgan fingerprint density at radius 2 is 2.23 bits per heavy atom. The number of carbonyl (C=O) groups is 1.